The van der Waals surface area contributed by atoms with Gasteiger partial charge in [0, 0.05) is 35.2 Å². The zero-order valence-electron chi connectivity index (χ0n) is 15.3. The van der Waals surface area contributed by atoms with Gasteiger partial charge in [0.15, 0.2) is 0 Å². The Hall–Kier alpha value is -1.08. The zero-order chi connectivity index (χ0) is 18.4. The number of hydrogen-bond acceptors (Lipinski definition) is 4. The largest absolute Gasteiger partial charge is 0.496 e. The third-order valence-corrected chi connectivity index (χ3v) is 5.83. The van der Waals surface area contributed by atoms with Crippen LogP contribution in [0.2, 0.25) is 5.02 Å². The van der Waals surface area contributed by atoms with Gasteiger partial charge in [-0.05, 0) is 52.7 Å². The first-order chi connectivity index (χ1) is 11.6. The topological polar surface area (TPSA) is 64.8 Å². The molecule has 2 saturated heterocycles. The van der Waals surface area contributed by atoms with E-state index in [0.717, 1.165) is 24.8 Å². The van der Waals surface area contributed by atoms with Crippen molar-refractivity contribution in [3.63, 3.8) is 0 Å². The molecule has 1 atom stereocenters. The van der Waals surface area contributed by atoms with E-state index in [9.17, 15) is 4.79 Å². The summed E-state index contributed by atoms with van der Waals surface area (Å²) in [4.78, 5) is 14.5. The zero-order valence-corrected chi connectivity index (χ0v) is 16.1. The maximum atomic E-state index is 12.7. The van der Waals surface area contributed by atoms with Gasteiger partial charge in [0.2, 0.25) is 0 Å². The standard InChI is InChI=1S/C18H26BClN2O3/c1-17(2)18(3,4)25-19(24-17)14-8-7-12(10-15(14)20)16(23)22-9-5-6-13(21)11-22/h7-8,10,13H,5-6,9,11,21H2,1-4H3/t13-/m0/s1. The molecule has 25 heavy (non-hydrogen) atoms. The lowest BCUT2D eigenvalue weighted by Gasteiger charge is -2.32. The van der Waals surface area contributed by atoms with Crippen molar-refractivity contribution in [3.05, 3.63) is 28.8 Å². The number of benzene rings is 1. The summed E-state index contributed by atoms with van der Waals surface area (Å²) < 4.78 is 12.1. The quantitative estimate of drug-likeness (QED) is 0.817. The first kappa shape index (κ1) is 18.7. The molecule has 2 aliphatic heterocycles. The molecular weight excluding hydrogens is 338 g/mol. The molecule has 3 rings (SSSR count). The minimum Gasteiger partial charge on any atom is -0.399 e. The summed E-state index contributed by atoms with van der Waals surface area (Å²) in [6.07, 6.45) is 1.90. The summed E-state index contributed by atoms with van der Waals surface area (Å²) in [5, 5.41) is 0.477. The van der Waals surface area contributed by atoms with Gasteiger partial charge in [-0.25, -0.2) is 0 Å². The molecule has 2 heterocycles. The number of halogens is 1. The van der Waals surface area contributed by atoms with Gasteiger partial charge in [0.05, 0.1) is 11.2 Å². The molecule has 0 unspecified atom stereocenters. The molecular formula is C18H26BClN2O3. The highest BCUT2D eigenvalue weighted by Gasteiger charge is 2.52. The van der Waals surface area contributed by atoms with Crippen molar-refractivity contribution in [1.29, 1.82) is 0 Å². The van der Waals surface area contributed by atoms with Crippen LogP contribution >= 0.6 is 11.6 Å². The Morgan fingerprint density at radius 3 is 2.48 bits per heavy atom. The van der Waals surface area contributed by atoms with Crippen molar-refractivity contribution in [2.45, 2.75) is 57.8 Å². The molecule has 2 fully saturated rings. The molecule has 0 radical (unpaired) electrons. The van der Waals surface area contributed by atoms with Crippen LogP contribution < -0.4 is 11.2 Å². The molecule has 0 bridgehead atoms. The Labute approximate surface area is 154 Å². The monoisotopic (exact) mass is 364 g/mol. The number of nitrogens with two attached hydrogens (primary N) is 1. The van der Waals surface area contributed by atoms with E-state index in [0.29, 0.717) is 17.1 Å². The number of nitrogens with zero attached hydrogens (tertiary/aromatic N) is 1. The molecule has 0 spiro atoms. The number of rotatable bonds is 2. The van der Waals surface area contributed by atoms with Crippen LogP contribution in [0.4, 0.5) is 0 Å². The van der Waals surface area contributed by atoms with Gasteiger partial charge in [0.1, 0.15) is 0 Å². The molecule has 1 aromatic rings. The van der Waals surface area contributed by atoms with Crippen molar-refractivity contribution in [3.8, 4) is 0 Å². The van der Waals surface area contributed by atoms with E-state index in [-0.39, 0.29) is 11.9 Å². The highest BCUT2D eigenvalue weighted by atomic mass is 35.5. The average molecular weight is 365 g/mol. The lowest BCUT2D eigenvalue weighted by atomic mass is 9.78. The van der Waals surface area contributed by atoms with Crippen molar-refractivity contribution >= 4 is 30.1 Å². The Bertz CT molecular complexity index is 664. The van der Waals surface area contributed by atoms with Crippen LogP contribution in [0.15, 0.2) is 18.2 Å². The molecule has 2 aliphatic rings. The number of amides is 1. The van der Waals surface area contributed by atoms with Gasteiger partial charge in [-0.2, -0.15) is 0 Å². The maximum Gasteiger partial charge on any atom is 0.496 e. The second kappa shape index (κ2) is 6.58. The first-order valence-electron chi connectivity index (χ1n) is 8.81. The average Bonchev–Trinajstić information content (AvgIpc) is 2.74. The summed E-state index contributed by atoms with van der Waals surface area (Å²) in [6, 6.07) is 5.36. The van der Waals surface area contributed by atoms with Crippen LogP contribution in [-0.2, 0) is 9.31 Å². The maximum absolute atomic E-state index is 12.7. The third kappa shape index (κ3) is 3.58. The molecule has 1 amide bonds. The summed E-state index contributed by atoms with van der Waals surface area (Å²) >= 11 is 6.45. The van der Waals surface area contributed by atoms with Crippen LogP contribution in [0, 0.1) is 0 Å². The minimum absolute atomic E-state index is 0.0301. The van der Waals surface area contributed by atoms with Crippen LogP contribution in [0.1, 0.15) is 50.9 Å². The van der Waals surface area contributed by atoms with E-state index in [1.807, 2.05) is 33.8 Å². The van der Waals surface area contributed by atoms with Crippen LogP contribution in [0.25, 0.3) is 0 Å². The number of hydrogen-bond donors (Lipinski definition) is 1. The summed E-state index contributed by atoms with van der Waals surface area (Å²) in [5.74, 6) is -0.0301. The van der Waals surface area contributed by atoms with Gasteiger partial charge in [-0.1, -0.05) is 17.7 Å². The molecule has 0 aliphatic carbocycles. The highest BCUT2D eigenvalue weighted by Crippen LogP contribution is 2.37. The van der Waals surface area contributed by atoms with Gasteiger partial charge in [-0.15, -0.1) is 0 Å². The van der Waals surface area contributed by atoms with Crippen molar-refractivity contribution in [2.24, 2.45) is 5.73 Å². The molecule has 7 heteroatoms. The van der Waals surface area contributed by atoms with E-state index in [2.05, 4.69) is 0 Å². The smallest absolute Gasteiger partial charge is 0.399 e. The SMILES string of the molecule is CC1(C)OB(c2ccc(C(=O)N3CCC[C@H](N)C3)cc2Cl)OC1(C)C. The summed E-state index contributed by atoms with van der Waals surface area (Å²) in [7, 11) is -0.537. The predicted molar refractivity (Wildman–Crippen MR) is 100 cm³/mol. The second-order valence-electron chi connectivity index (χ2n) is 7.98. The number of likely N-dealkylation sites (tertiary alicyclic amines) is 1. The summed E-state index contributed by atoms with van der Waals surface area (Å²) in [6.45, 7) is 9.33. The molecule has 2 N–H and O–H groups in total. The van der Waals surface area contributed by atoms with E-state index in [1.165, 1.54) is 0 Å². The normalized spacial score (nSPS) is 25.3. The van der Waals surface area contributed by atoms with Crippen LogP contribution in [0.5, 0.6) is 0 Å². The summed E-state index contributed by atoms with van der Waals surface area (Å²) in [5.41, 5.74) is 6.42. The van der Waals surface area contributed by atoms with Gasteiger partial charge >= 0.3 is 7.12 Å². The fourth-order valence-electron chi connectivity index (χ4n) is 3.20. The Morgan fingerprint density at radius 1 is 1.28 bits per heavy atom. The van der Waals surface area contributed by atoms with E-state index in [4.69, 9.17) is 26.6 Å². The molecule has 0 saturated carbocycles. The van der Waals surface area contributed by atoms with E-state index >= 15 is 0 Å². The predicted octanol–water partition coefficient (Wildman–Crippen LogP) is 2.20. The second-order valence-corrected chi connectivity index (χ2v) is 8.39. The third-order valence-electron chi connectivity index (χ3n) is 5.50. The number of carbonyl (C=O) groups excluding carboxylic acids is 1. The fourth-order valence-corrected chi connectivity index (χ4v) is 3.47. The first-order valence-corrected chi connectivity index (χ1v) is 9.18. The molecule has 1 aromatic carbocycles. The van der Waals surface area contributed by atoms with E-state index < -0.39 is 18.3 Å². The number of piperidine rings is 1. The lowest BCUT2D eigenvalue weighted by Crippen LogP contribution is -2.45. The van der Waals surface area contributed by atoms with Crippen LogP contribution in [-0.4, -0.2) is 48.3 Å². The van der Waals surface area contributed by atoms with Crippen LogP contribution in [0.3, 0.4) is 0 Å². The van der Waals surface area contributed by atoms with Gasteiger partial charge in [-0.3, -0.25) is 4.79 Å². The molecule has 0 aromatic heterocycles. The lowest BCUT2D eigenvalue weighted by molar-refractivity contribution is 0.00578. The van der Waals surface area contributed by atoms with Crippen molar-refractivity contribution < 1.29 is 14.1 Å². The molecule has 136 valence electrons. The van der Waals surface area contributed by atoms with Gasteiger partial charge in [0.25, 0.3) is 5.91 Å². The number of carbonyl (C=O) groups is 1. The van der Waals surface area contributed by atoms with Crippen molar-refractivity contribution in [1.82, 2.24) is 4.90 Å². The van der Waals surface area contributed by atoms with E-state index in [1.54, 1.807) is 17.0 Å². The fraction of sp³-hybridized carbons (Fsp3) is 0.611. The van der Waals surface area contributed by atoms with Crippen molar-refractivity contribution in [2.75, 3.05) is 13.1 Å². The molecule has 5 nitrogen and oxygen atoms in total. The highest BCUT2D eigenvalue weighted by molar-refractivity contribution is 6.65. The Morgan fingerprint density at radius 2 is 1.92 bits per heavy atom. The Kier molecular flexibility index (Phi) is 4.92. The van der Waals surface area contributed by atoms with Gasteiger partial charge < -0.3 is 19.9 Å². The minimum atomic E-state index is -0.537. The Balaban J connectivity index is 1.79.